The van der Waals surface area contributed by atoms with Crippen molar-refractivity contribution < 1.29 is 0 Å². The summed E-state index contributed by atoms with van der Waals surface area (Å²) >= 11 is 0. The largest absolute Gasteiger partial charge is 0.0746 e. The number of rotatable bonds is 9. The molecule has 0 aromatic carbocycles. The fourth-order valence-corrected chi connectivity index (χ4v) is 2.28. The van der Waals surface area contributed by atoms with Crippen molar-refractivity contribution >= 4 is 7.85 Å². The summed E-state index contributed by atoms with van der Waals surface area (Å²) in [4.78, 5) is 0. The maximum Gasteiger partial charge on any atom is 0.0746 e. The van der Waals surface area contributed by atoms with E-state index in [1.165, 1.54) is 51.4 Å². The van der Waals surface area contributed by atoms with Crippen molar-refractivity contribution in [3.05, 3.63) is 0 Å². The molecule has 1 atom stereocenters. The van der Waals surface area contributed by atoms with E-state index < -0.39 is 0 Å². The summed E-state index contributed by atoms with van der Waals surface area (Å²) in [6, 6.07) is 0. The van der Waals surface area contributed by atoms with Gasteiger partial charge in [-0.15, -0.1) is 0 Å². The third kappa shape index (κ3) is 5.41. The molecule has 1 heteroatoms. The molecule has 0 aliphatic heterocycles. The first-order chi connectivity index (χ1) is 7.37. The minimum atomic E-state index is -0.0472. The summed E-state index contributed by atoms with van der Waals surface area (Å²) in [5.74, 6) is 0. The molecule has 0 bridgehead atoms. The van der Waals surface area contributed by atoms with E-state index in [1.807, 2.05) is 0 Å². The van der Waals surface area contributed by atoms with Gasteiger partial charge in [0.15, 0.2) is 0 Å². The zero-order valence-electron chi connectivity index (χ0n) is 12.2. The van der Waals surface area contributed by atoms with Gasteiger partial charge >= 0.3 is 0 Å². The van der Waals surface area contributed by atoms with Crippen LogP contribution in [-0.4, -0.2) is 7.85 Å². The molecule has 2 radical (unpaired) electrons. The first-order valence-corrected chi connectivity index (χ1v) is 7.16. The molecule has 0 fully saturated rings. The molecule has 0 aromatic heterocycles. The van der Waals surface area contributed by atoms with Crippen molar-refractivity contribution in [3.63, 3.8) is 0 Å². The maximum atomic E-state index is 6.37. The van der Waals surface area contributed by atoms with E-state index in [0.717, 1.165) is 0 Å². The lowest BCUT2D eigenvalue weighted by atomic mass is 9.52. The molecule has 0 saturated heterocycles. The van der Waals surface area contributed by atoms with Crippen molar-refractivity contribution in [1.82, 2.24) is 0 Å². The number of unbranched alkanes of at least 4 members (excludes halogenated alkanes) is 4. The summed E-state index contributed by atoms with van der Waals surface area (Å²) < 4.78 is 0. The highest BCUT2D eigenvalue weighted by Crippen LogP contribution is 2.49. The Hall–Kier alpha value is 0.0649. The van der Waals surface area contributed by atoms with Gasteiger partial charge in [-0.05, 0) is 18.3 Å². The fourth-order valence-electron chi connectivity index (χ4n) is 2.28. The Labute approximate surface area is 105 Å². The lowest BCUT2D eigenvalue weighted by Crippen LogP contribution is -2.30. The highest BCUT2D eigenvalue weighted by Gasteiger charge is 2.35. The molecule has 0 heterocycles. The molecule has 1 unspecified atom stereocenters. The van der Waals surface area contributed by atoms with Gasteiger partial charge in [0.25, 0.3) is 0 Å². The Morgan fingerprint density at radius 3 is 1.69 bits per heavy atom. The van der Waals surface area contributed by atoms with Crippen molar-refractivity contribution in [2.45, 2.75) is 91.3 Å². The van der Waals surface area contributed by atoms with Gasteiger partial charge in [-0.25, -0.2) is 0 Å². The third-order valence-corrected chi connectivity index (χ3v) is 4.22. The first-order valence-electron chi connectivity index (χ1n) is 7.16. The van der Waals surface area contributed by atoms with Gasteiger partial charge in [-0.2, -0.15) is 0 Å². The molecule has 0 amide bonds. The molecule has 0 saturated carbocycles. The SMILES string of the molecule is [B]C(C)(C)C(C)(CCCC)CCCCCC. The van der Waals surface area contributed by atoms with Crippen LogP contribution in [0.4, 0.5) is 0 Å². The minimum Gasteiger partial charge on any atom is -0.0674 e. The van der Waals surface area contributed by atoms with Crippen LogP contribution in [0, 0.1) is 5.41 Å². The summed E-state index contributed by atoms with van der Waals surface area (Å²) in [6.45, 7) is 11.3. The van der Waals surface area contributed by atoms with Crippen molar-refractivity contribution in [2.24, 2.45) is 5.41 Å². The van der Waals surface area contributed by atoms with Crippen molar-refractivity contribution in [1.29, 1.82) is 0 Å². The average Bonchev–Trinajstić information content (AvgIpc) is 2.20. The zero-order chi connectivity index (χ0) is 12.7. The van der Waals surface area contributed by atoms with Crippen molar-refractivity contribution in [2.75, 3.05) is 0 Å². The minimum absolute atomic E-state index is 0.0472. The Morgan fingerprint density at radius 2 is 1.25 bits per heavy atom. The van der Waals surface area contributed by atoms with Crippen LogP contribution < -0.4 is 0 Å². The molecule has 0 aliphatic rings. The van der Waals surface area contributed by atoms with E-state index >= 15 is 0 Å². The predicted octanol–water partition coefficient (Wildman–Crippen LogP) is 5.52. The van der Waals surface area contributed by atoms with Crippen LogP contribution in [0.3, 0.4) is 0 Å². The third-order valence-electron chi connectivity index (χ3n) is 4.22. The predicted molar refractivity (Wildman–Crippen MR) is 76.2 cm³/mol. The van der Waals surface area contributed by atoms with E-state index in [0.29, 0.717) is 5.41 Å². The molecule has 16 heavy (non-hydrogen) atoms. The van der Waals surface area contributed by atoms with Gasteiger partial charge in [-0.3, -0.25) is 0 Å². The smallest absolute Gasteiger partial charge is 0.0674 e. The highest BCUT2D eigenvalue weighted by molar-refractivity contribution is 6.15. The lowest BCUT2D eigenvalue weighted by Gasteiger charge is -2.43. The molecular formula is C15H31B. The standard InChI is InChI=1S/C15H31B/c1-6-8-10-11-13-15(5,12-9-7-2)14(3,4)16/h6-13H2,1-5H3. The normalized spacial score (nSPS) is 16.1. The molecule has 0 spiro atoms. The quantitative estimate of drug-likeness (QED) is 0.356. The fraction of sp³-hybridized carbons (Fsp3) is 1.00. The molecule has 0 N–H and O–H groups in total. The van der Waals surface area contributed by atoms with E-state index in [4.69, 9.17) is 7.85 Å². The topological polar surface area (TPSA) is 0 Å². The molecule has 0 nitrogen and oxygen atoms in total. The number of hydrogen-bond donors (Lipinski definition) is 0. The molecular weight excluding hydrogens is 191 g/mol. The lowest BCUT2D eigenvalue weighted by molar-refractivity contribution is 0.184. The second-order valence-corrected chi connectivity index (χ2v) is 6.20. The van der Waals surface area contributed by atoms with E-state index in [9.17, 15) is 0 Å². The van der Waals surface area contributed by atoms with Crippen LogP contribution in [0.5, 0.6) is 0 Å². The summed E-state index contributed by atoms with van der Waals surface area (Å²) in [6.07, 6.45) is 10.6. The van der Waals surface area contributed by atoms with Crippen LogP contribution in [0.25, 0.3) is 0 Å². The Bertz CT molecular complexity index is 169. The van der Waals surface area contributed by atoms with Crippen LogP contribution in [0.2, 0.25) is 5.31 Å². The van der Waals surface area contributed by atoms with Crippen LogP contribution in [0.1, 0.15) is 86.0 Å². The van der Waals surface area contributed by atoms with Crippen molar-refractivity contribution in [3.8, 4) is 0 Å². The summed E-state index contributed by atoms with van der Waals surface area (Å²) in [5, 5.41) is -0.0472. The van der Waals surface area contributed by atoms with E-state index in [-0.39, 0.29) is 5.31 Å². The second-order valence-electron chi connectivity index (χ2n) is 6.20. The Balaban J connectivity index is 4.20. The van der Waals surface area contributed by atoms with E-state index in [2.05, 4.69) is 34.6 Å². The van der Waals surface area contributed by atoms with Gasteiger partial charge in [0.1, 0.15) is 0 Å². The average molecular weight is 222 g/mol. The van der Waals surface area contributed by atoms with Gasteiger partial charge in [0.2, 0.25) is 0 Å². The molecule has 0 rings (SSSR count). The van der Waals surface area contributed by atoms with Gasteiger partial charge in [0, 0.05) is 0 Å². The van der Waals surface area contributed by atoms with Gasteiger partial charge in [0.05, 0.1) is 7.85 Å². The van der Waals surface area contributed by atoms with Crippen LogP contribution >= 0.6 is 0 Å². The zero-order valence-corrected chi connectivity index (χ0v) is 12.2. The van der Waals surface area contributed by atoms with Gasteiger partial charge < -0.3 is 0 Å². The monoisotopic (exact) mass is 222 g/mol. The van der Waals surface area contributed by atoms with Crippen LogP contribution in [0.15, 0.2) is 0 Å². The Morgan fingerprint density at radius 1 is 0.750 bits per heavy atom. The molecule has 0 aromatic rings. The van der Waals surface area contributed by atoms with Crippen LogP contribution in [-0.2, 0) is 0 Å². The first kappa shape index (κ1) is 16.1. The molecule has 94 valence electrons. The number of hydrogen-bond acceptors (Lipinski definition) is 0. The summed E-state index contributed by atoms with van der Waals surface area (Å²) in [7, 11) is 6.37. The maximum absolute atomic E-state index is 6.37. The summed E-state index contributed by atoms with van der Waals surface area (Å²) in [5.41, 5.74) is 0.316. The Kier molecular flexibility index (Phi) is 7.43. The van der Waals surface area contributed by atoms with E-state index in [1.54, 1.807) is 0 Å². The highest BCUT2D eigenvalue weighted by atomic mass is 14.4. The second kappa shape index (κ2) is 7.40. The van der Waals surface area contributed by atoms with Gasteiger partial charge in [-0.1, -0.05) is 78.5 Å². The molecule has 0 aliphatic carbocycles.